The van der Waals surface area contributed by atoms with Gasteiger partial charge < -0.3 is 34.3 Å². The monoisotopic (exact) mass is 534 g/mol. The number of anilines is 1. The van der Waals surface area contributed by atoms with Gasteiger partial charge in [-0.15, -0.1) is 0 Å². The number of amides is 2. The van der Waals surface area contributed by atoms with Gasteiger partial charge in [-0.2, -0.15) is 0 Å². The van der Waals surface area contributed by atoms with Gasteiger partial charge in [-0.1, -0.05) is 12.1 Å². The summed E-state index contributed by atoms with van der Waals surface area (Å²) in [6.45, 7) is 3.33. The summed E-state index contributed by atoms with van der Waals surface area (Å²) < 4.78 is 41.9. The molecule has 1 aromatic heterocycles. The first-order valence-corrected chi connectivity index (χ1v) is 12.3. The summed E-state index contributed by atoms with van der Waals surface area (Å²) in [6, 6.07) is 13.9. The van der Waals surface area contributed by atoms with E-state index in [1.54, 1.807) is 49.6 Å². The van der Waals surface area contributed by atoms with Crippen LogP contribution in [0.5, 0.6) is 28.9 Å². The van der Waals surface area contributed by atoms with Crippen molar-refractivity contribution >= 4 is 22.6 Å². The summed E-state index contributed by atoms with van der Waals surface area (Å²) in [7, 11) is 1.60. The molecule has 11 heteroatoms. The average molecular weight is 535 g/mol. The van der Waals surface area contributed by atoms with Crippen LogP contribution in [0.15, 0.2) is 60.9 Å². The first kappa shape index (κ1) is 26.0. The summed E-state index contributed by atoms with van der Waals surface area (Å²) in [5.41, 5.74) is 1.92. The van der Waals surface area contributed by atoms with E-state index >= 15 is 0 Å². The van der Waals surface area contributed by atoms with Gasteiger partial charge >= 0.3 is 6.03 Å². The van der Waals surface area contributed by atoms with Gasteiger partial charge in [-0.25, -0.2) is 19.2 Å². The van der Waals surface area contributed by atoms with Crippen LogP contribution in [0.4, 0.5) is 14.9 Å². The number of carbonyl (C=O) groups is 1. The van der Waals surface area contributed by atoms with Gasteiger partial charge in [0.15, 0.2) is 11.5 Å². The Hall–Kier alpha value is -4.64. The molecular formula is C28H27FN4O6. The topological polar surface area (TPSA) is 113 Å². The summed E-state index contributed by atoms with van der Waals surface area (Å²) >= 11 is 0. The highest BCUT2D eigenvalue weighted by atomic mass is 19.1. The molecule has 10 nitrogen and oxygen atoms in total. The van der Waals surface area contributed by atoms with E-state index in [9.17, 15) is 9.18 Å². The van der Waals surface area contributed by atoms with E-state index in [1.807, 2.05) is 6.92 Å². The average Bonchev–Trinajstić information content (AvgIpc) is 2.94. The second kappa shape index (κ2) is 11.8. The molecule has 39 heavy (non-hydrogen) atoms. The molecule has 3 aromatic carbocycles. The van der Waals surface area contributed by atoms with Crippen molar-refractivity contribution in [3.05, 3.63) is 72.3 Å². The number of fused-ring (bicyclic) bond motifs is 3. The molecule has 1 aliphatic heterocycles. The maximum absolute atomic E-state index is 13.2. The molecule has 2 heterocycles. The number of methoxy groups -OCH3 is 1. The number of hydrogen-bond donors (Lipinski definition) is 2. The van der Waals surface area contributed by atoms with Crippen molar-refractivity contribution in [3.63, 3.8) is 0 Å². The first-order valence-electron chi connectivity index (χ1n) is 12.3. The van der Waals surface area contributed by atoms with Crippen LogP contribution in [0.2, 0.25) is 0 Å². The second-order valence-corrected chi connectivity index (χ2v) is 8.64. The number of ether oxygens (including phenoxy) is 5. The number of urea groups is 1. The molecule has 1 aliphatic rings. The number of rotatable bonds is 9. The lowest BCUT2D eigenvalue weighted by atomic mass is 10.1. The standard InChI is InChI=1S/C28H27FN4O6/c1-17(18-3-5-19(29)6-4-18)32-28(34)33-20-7-9-21(10-8-20)39-27-24-22(30-16-31-27)15-23(36-12-11-35-2)25-26(24)38-14-13-37-25/h3-10,15-17H,11-14H2,1-2H3,(H2,32,33,34)/t17-/m1/s1. The summed E-state index contributed by atoms with van der Waals surface area (Å²) in [6.07, 6.45) is 1.40. The molecule has 0 spiro atoms. The Bertz CT molecular complexity index is 1450. The van der Waals surface area contributed by atoms with Crippen LogP contribution >= 0.6 is 0 Å². The zero-order valence-corrected chi connectivity index (χ0v) is 21.4. The Morgan fingerprint density at radius 1 is 1.03 bits per heavy atom. The molecule has 0 saturated carbocycles. The third-order valence-electron chi connectivity index (χ3n) is 5.93. The van der Waals surface area contributed by atoms with Crippen molar-refractivity contribution in [3.8, 4) is 28.9 Å². The molecule has 0 aliphatic carbocycles. The molecule has 0 fully saturated rings. The fourth-order valence-electron chi connectivity index (χ4n) is 4.02. The normalized spacial score (nSPS) is 13.0. The highest BCUT2D eigenvalue weighted by Crippen LogP contribution is 2.47. The van der Waals surface area contributed by atoms with E-state index in [4.69, 9.17) is 23.7 Å². The van der Waals surface area contributed by atoms with E-state index in [-0.39, 0.29) is 17.7 Å². The van der Waals surface area contributed by atoms with E-state index in [0.717, 1.165) is 5.56 Å². The lowest BCUT2D eigenvalue weighted by Crippen LogP contribution is -2.31. The lowest BCUT2D eigenvalue weighted by Gasteiger charge is -2.23. The first-order chi connectivity index (χ1) is 19.0. The third-order valence-corrected chi connectivity index (χ3v) is 5.93. The van der Waals surface area contributed by atoms with Crippen molar-refractivity contribution in [2.24, 2.45) is 0 Å². The van der Waals surface area contributed by atoms with E-state index in [0.29, 0.717) is 66.0 Å². The molecule has 0 radical (unpaired) electrons. The SMILES string of the molecule is COCCOc1cc2ncnc(Oc3ccc(NC(=O)N[C@H](C)c4ccc(F)cc4)cc3)c2c2c1OCCO2. The Balaban J connectivity index is 1.30. The predicted molar refractivity (Wildman–Crippen MR) is 141 cm³/mol. The minimum atomic E-state index is -0.394. The summed E-state index contributed by atoms with van der Waals surface area (Å²) in [5.74, 6) is 1.87. The number of nitrogens with zero attached hydrogens (tertiary/aromatic N) is 2. The number of benzene rings is 3. The van der Waals surface area contributed by atoms with Crippen LogP contribution in [0.25, 0.3) is 10.9 Å². The van der Waals surface area contributed by atoms with Crippen LogP contribution < -0.4 is 29.6 Å². The van der Waals surface area contributed by atoms with Gasteiger partial charge in [0.2, 0.25) is 11.6 Å². The second-order valence-electron chi connectivity index (χ2n) is 8.64. The zero-order chi connectivity index (χ0) is 27.2. The minimum absolute atomic E-state index is 0.289. The van der Waals surface area contributed by atoms with Gasteiger partial charge in [-0.3, -0.25) is 0 Å². The van der Waals surface area contributed by atoms with Crippen molar-refractivity contribution < 1.29 is 32.9 Å². The third kappa shape index (κ3) is 6.10. The van der Waals surface area contributed by atoms with E-state index in [2.05, 4.69) is 20.6 Å². The lowest BCUT2D eigenvalue weighted by molar-refractivity contribution is 0.134. The Labute approximate surface area is 224 Å². The molecule has 202 valence electrons. The fourth-order valence-corrected chi connectivity index (χ4v) is 4.02. The van der Waals surface area contributed by atoms with Crippen molar-refractivity contribution in [2.45, 2.75) is 13.0 Å². The predicted octanol–water partition coefficient (Wildman–Crippen LogP) is 5.24. The number of hydrogen-bond acceptors (Lipinski definition) is 8. The van der Waals surface area contributed by atoms with Gasteiger partial charge in [0.25, 0.3) is 0 Å². The maximum atomic E-state index is 13.2. The van der Waals surface area contributed by atoms with Gasteiger partial charge in [0.1, 0.15) is 43.1 Å². The smallest absolute Gasteiger partial charge is 0.319 e. The molecule has 0 unspecified atom stereocenters. The summed E-state index contributed by atoms with van der Waals surface area (Å²) in [5, 5.41) is 6.16. The Morgan fingerprint density at radius 3 is 2.51 bits per heavy atom. The molecule has 1 atom stereocenters. The number of aromatic nitrogens is 2. The summed E-state index contributed by atoms with van der Waals surface area (Å²) in [4.78, 5) is 21.1. The number of carbonyl (C=O) groups excluding carboxylic acids is 1. The Morgan fingerprint density at radius 2 is 1.77 bits per heavy atom. The van der Waals surface area contributed by atoms with Crippen LogP contribution in [0, 0.1) is 5.82 Å². The highest BCUT2D eigenvalue weighted by Gasteiger charge is 2.25. The van der Waals surface area contributed by atoms with Gasteiger partial charge in [-0.05, 0) is 48.9 Å². The highest BCUT2D eigenvalue weighted by molar-refractivity contribution is 5.94. The van der Waals surface area contributed by atoms with Crippen LogP contribution in [0.3, 0.4) is 0 Å². The fraction of sp³-hybridized carbons (Fsp3) is 0.250. The molecule has 5 rings (SSSR count). The van der Waals surface area contributed by atoms with Crippen LogP contribution in [-0.4, -0.2) is 49.5 Å². The van der Waals surface area contributed by atoms with Crippen LogP contribution in [-0.2, 0) is 4.74 Å². The molecular weight excluding hydrogens is 507 g/mol. The molecule has 0 saturated heterocycles. The largest absolute Gasteiger partial charge is 0.487 e. The molecule has 0 bridgehead atoms. The van der Waals surface area contributed by atoms with Crippen molar-refractivity contribution in [1.29, 1.82) is 0 Å². The van der Waals surface area contributed by atoms with Crippen molar-refractivity contribution in [2.75, 3.05) is 38.9 Å². The van der Waals surface area contributed by atoms with Gasteiger partial charge in [0.05, 0.1) is 18.2 Å². The zero-order valence-electron chi connectivity index (χ0n) is 21.4. The van der Waals surface area contributed by atoms with E-state index < -0.39 is 6.03 Å². The minimum Gasteiger partial charge on any atom is -0.487 e. The number of halogens is 1. The van der Waals surface area contributed by atoms with Crippen molar-refractivity contribution in [1.82, 2.24) is 15.3 Å². The van der Waals surface area contributed by atoms with E-state index in [1.165, 1.54) is 18.5 Å². The molecule has 4 aromatic rings. The molecule has 2 N–H and O–H groups in total. The Kier molecular flexibility index (Phi) is 7.88. The van der Waals surface area contributed by atoms with Gasteiger partial charge in [0, 0.05) is 18.9 Å². The maximum Gasteiger partial charge on any atom is 0.319 e. The quantitative estimate of drug-likeness (QED) is 0.280. The van der Waals surface area contributed by atoms with Crippen LogP contribution in [0.1, 0.15) is 18.5 Å². The number of nitrogens with one attached hydrogen (secondary N) is 2. The molecule has 2 amide bonds.